The minimum atomic E-state index is -3.91. The smallest absolute Gasteiger partial charge is 0.270 e. The maximum absolute atomic E-state index is 13.9. The van der Waals surface area contributed by atoms with Crippen LogP contribution in [-0.4, -0.2) is 54.6 Å². The molecule has 1 amide bonds. The van der Waals surface area contributed by atoms with Gasteiger partial charge in [-0.1, -0.05) is 24.3 Å². The number of sulfonamides is 1. The zero-order chi connectivity index (χ0) is 21.9. The number of halogens is 1. The van der Waals surface area contributed by atoms with Gasteiger partial charge in [-0.3, -0.25) is 14.9 Å². The van der Waals surface area contributed by atoms with Gasteiger partial charge in [0.2, 0.25) is 15.9 Å². The molecule has 0 spiro atoms. The normalized spacial score (nSPS) is 15.8. The maximum Gasteiger partial charge on any atom is 0.270 e. The average Bonchev–Trinajstić information content (AvgIpc) is 2.74. The summed E-state index contributed by atoms with van der Waals surface area (Å²) in [7, 11) is -3.91. The topological polar surface area (TPSA) is 101 Å². The minimum absolute atomic E-state index is 0.0589. The van der Waals surface area contributed by atoms with Crippen LogP contribution in [0.15, 0.2) is 59.5 Å². The van der Waals surface area contributed by atoms with Crippen molar-refractivity contribution in [3.63, 3.8) is 0 Å². The van der Waals surface area contributed by atoms with Gasteiger partial charge in [-0.05, 0) is 24.6 Å². The van der Waals surface area contributed by atoms with Gasteiger partial charge in [-0.15, -0.1) is 0 Å². The Morgan fingerprint density at radius 1 is 1.10 bits per heavy atom. The first kappa shape index (κ1) is 21.6. The van der Waals surface area contributed by atoms with E-state index in [0.29, 0.717) is 11.1 Å². The number of carbonyl (C=O) groups is 1. The number of carbonyl (C=O) groups excluding carboxylic acids is 1. The average molecular weight is 433 g/mol. The molecule has 1 saturated heterocycles. The van der Waals surface area contributed by atoms with Gasteiger partial charge >= 0.3 is 0 Å². The van der Waals surface area contributed by atoms with Gasteiger partial charge in [-0.25, -0.2) is 12.8 Å². The van der Waals surface area contributed by atoms with Crippen molar-refractivity contribution < 1.29 is 22.5 Å². The van der Waals surface area contributed by atoms with Crippen LogP contribution in [-0.2, 0) is 14.8 Å². The van der Waals surface area contributed by atoms with E-state index in [9.17, 15) is 27.7 Å². The predicted molar refractivity (Wildman–Crippen MR) is 108 cm³/mol. The Bertz CT molecular complexity index is 1110. The zero-order valence-electron chi connectivity index (χ0n) is 16.2. The van der Waals surface area contributed by atoms with Crippen LogP contribution < -0.4 is 0 Å². The molecule has 0 aromatic heterocycles. The van der Waals surface area contributed by atoms with Crippen molar-refractivity contribution >= 4 is 27.2 Å². The standard InChI is InChI=1S/C20H20FN3O5S/c1-15(18-7-2-3-8-19(18)21)13-20(25)22-9-11-23(12-10-22)30(28,29)17-6-4-5-16(14-17)24(26)27/h2-8,13-14H,9-12H2,1H3/b15-13-. The second-order valence-corrected chi connectivity index (χ2v) is 8.73. The molecule has 0 bridgehead atoms. The Labute approximate surface area is 173 Å². The Kier molecular flexibility index (Phi) is 6.28. The molecule has 1 aliphatic heterocycles. The summed E-state index contributed by atoms with van der Waals surface area (Å²) in [5, 5.41) is 10.9. The molecule has 1 aliphatic rings. The lowest BCUT2D eigenvalue weighted by atomic mass is 10.1. The molecule has 10 heteroatoms. The maximum atomic E-state index is 13.9. The number of hydrogen-bond acceptors (Lipinski definition) is 5. The van der Waals surface area contributed by atoms with Crippen LogP contribution in [0.3, 0.4) is 0 Å². The number of allylic oxidation sites excluding steroid dienone is 1. The highest BCUT2D eigenvalue weighted by Gasteiger charge is 2.30. The molecule has 158 valence electrons. The molecule has 8 nitrogen and oxygen atoms in total. The molecule has 2 aromatic carbocycles. The SMILES string of the molecule is C/C(=C/C(=O)N1CCN(S(=O)(=O)c2cccc([N+](=O)[O-])c2)CC1)c1ccccc1F. The molecule has 0 saturated carbocycles. The summed E-state index contributed by atoms with van der Waals surface area (Å²) in [5.74, 6) is -0.755. The lowest BCUT2D eigenvalue weighted by molar-refractivity contribution is -0.385. The highest BCUT2D eigenvalue weighted by atomic mass is 32.2. The minimum Gasteiger partial charge on any atom is -0.337 e. The summed E-state index contributed by atoms with van der Waals surface area (Å²) < 4.78 is 40.6. The monoisotopic (exact) mass is 433 g/mol. The van der Waals surface area contributed by atoms with E-state index in [-0.39, 0.29) is 42.7 Å². The van der Waals surface area contributed by atoms with E-state index in [2.05, 4.69) is 0 Å². The van der Waals surface area contributed by atoms with Gasteiger partial charge in [0, 0.05) is 50.0 Å². The van der Waals surface area contributed by atoms with E-state index in [1.807, 2.05) is 0 Å². The molecule has 0 atom stereocenters. The molecule has 0 aliphatic carbocycles. The zero-order valence-corrected chi connectivity index (χ0v) is 17.0. The second kappa shape index (κ2) is 8.72. The lowest BCUT2D eigenvalue weighted by Crippen LogP contribution is -2.50. The summed E-state index contributed by atoms with van der Waals surface area (Å²) in [6.45, 7) is 2.08. The first-order chi connectivity index (χ1) is 14.2. The highest BCUT2D eigenvalue weighted by Crippen LogP contribution is 2.23. The highest BCUT2D eigenvalue weighted by molar-refractivity contribution is 7.89. The number of piperazine rings is 1. The fraction of sp³-hybridized carbons (Fsp3) is 0.250. The van der Waals surface area contributed by atoms with Gasteiger partial charge < -0.3 is 4.90 Å². The van der Waals surface area contributed by atoms with Gasteiger partial charge in [0.1, 0.15) is 5.82 Å². The number of nitrogens with zero attached hydrogens (tertiary/aromatic N) is 3. The summed E-state index contributed by atoms with van der Waals surface area (Å²) >= 11 is 0. The lowest BCUT2D eigenvalue weighted by Gasteiger charge is -2.33. The fourth-order valence-electron chi connectivity index (χ4n) is 3.19. The summed E-state index contributed by atoms with van der Waals surface area (Å²) in [4.78, 5) is 24.1. The number of benzene rings is 2. The first-order valence-corrected chi connectivity index (χ1v) is 10.6. The number of non-ortho nitro benzene ring substituents is 1. The van der Waals surface area contributed by atoms with Crippen molar-refractivity contribution in [3.8, 4) is 0 Å². The van der Waals surface area contributed by atoms with Crippen LogP contribution in [0.2, 0.25) is 0 Å². The van der Waals surface area contributed by atoms with Crippen molar-refractivity contribution in [2.45, 2.75) is 11.8 Å². The third kappa shape index (κ3) is 4.55. The molecule has 1 heterocycles. The molecule has 2 aromatic rings. The Hall–Kier alpha value is -3.11. The van der Waals surface area contributed by atoms with Gasteiger partial charge in [0.05, 0.1) is 9.82 Å². The summed E-state index contributed by atoms with van der Waals surface area (Å²) in [6, 6.07) is 11.0. The quantitative estimate of drug-likeness (QED) is 0.410. The number of amides is 1. The largest absolute Gasteiger partial charge is 0.337 e. The van der Waals surface area contributed by atoms with Crippen LogP contribution in [0.1, 0.15) is 12.5 Å². The molecule has 0 radical (unpaired) electrons. The first-order valence-electron chi connectivity index (χ1n) is 9.17. The third-order valence-electron chi connectivity index (χ3n) is 4.86. The summed E-state index contributed by atoms with van der Waals surface area (Å²) in [5.41, 5.74) is 0.501. The fourth-order valence-corrected chi connectivity index (χ4v) is 4.65. The summed E-state index contributed by atoms with van der Waals surface area (Å²) in [6.07, 6.45) is 1.34. The van der Waals surface area contributed by atoms with Crippen LogP contribution >= 0.6 is 0 Å². The van der Waals surface area contributed by atoms with Crippen LogP contribution in [0.5, 0.6) is 0 Å². The van der Waals surface area contributed by atoms with Crippen LogP contribution in [0, 0.1) is 15.9 Å². The third-order valence-corrected chi connectivity index (χ3v) is 6.75. The van der Waals surface area contributed by atoms with E-state index in [4.69, 9.17) is 0 Å². The Morgan fingerprint density at radius 3 is 2.40 bits per heavy atom. The van der Waals surface area contributed by atoms with E-state index in [0.717, 1.165) is 6.07 Å². The van der Waals surface area contributed by atoms with Crippen molar-refractivity contribution in [3.05, 3.63) is 76.1 Å². The van der Waals surface area contributed by atoms with Crippen LogP contribution in [0.25, 0.3) is 5.57 Å². The molecule has 30 heavy (non-hydrogen) atoms. The molecule has 3 rings (SSSR count). The number of hydrogen-bond donors (Lipinski definition) is 0. The Morgan fingerprint density at radius 2 is 1.77 bits per heavy atom. The van der Waals surface area contributed by atoms with Crippen LogP contribution in [0.4, 0.5) is 10.1 Å². The molecular weight excluding hydrogens is 413 g/mol. The van der Waals surface area contributed by atoms with E-state index in [1.54, 1.807) is 25.1 Å². The molecule has 1 fully saturated rings. The number of nitro benzene ring substituents is 1. The van der Waals surface area contributed by atoms with Crippen molar-refractivity contribution in [2.75, 3.05) is 26.2 Å². The second-order valence-electron chi connectivity index (χ2n) is 6.79. The van der Waals surface area contributed by atoms with Crippen molar-refractivity contribution in [2.24, 2.45) is 0 Å². The van der Waals surface area contributed by atoms with Gasteiger partial charge in [0.15, 0.2) is 0 Å². The number of rotatable bonds is 5. The van der Waals surface area contributed by atoms with E-state index >= 15 is 0 Å². The van der Waals surface area contributed by atoms with Gasteiger partial charge in [-0.2, -0.15) is 4.31 Å². The van der Waals surface area contributed by atoms with E-state index in [1.165, 1.54) is 39.5 Å². The predicted octanol–water partition coefficient (Wildman–Crippen LogP) is 2.67. The van der Waals surface area contributed by atoms with E-state index < -0.39 is 20.8 Å². The Balaban J connectivity index is 1.69. The van der Waals surface area contributed by atoms with Gasteiger partial charge in [0.25, 0.3) is 5.69 Å². The molecule has 0 N–H and O–H groups in total. The molecule has 0 unspecified atom stereocenters. The van der Waals surface area contributed by atoms with Crippen molar-refractivity contribution in [1.29, 1.82) is 0 Å². The molecular formula is C20H20FN3O5S. The van der Waals surface area contributed by atoms with Crippen molar-refractivity contribution in [1.82, 2.24) is 9.21 Å². The number of nitro groups is 1.